The molecule has 0 saturated heterocycles. The molecular formula is C14H18ClN3. The maximum atomic E-state index is 5.90. The van der Waals surface area contributed by atoms with Gasteiger partial charge in [-0.3, -0.25) is 4.99 Å². The van der Waals surface area contributed by atoms with Gasteiger partial charge in [0.05, 0.1) is 12.1 Å². The first-order chi connectivity index (χ1) is 8.76. The molecule has 0 bridgehead atoms. The molecule has 0 spiro atoms. The van der Waals surface area contributed by atoms with Gasteiger partial charge in [-0.15, -0.1) is 0 Å². The second-order valence-corrected chi connectivity index (χ2v) is 5.65. The summed E-state index contributed by atoms with van der Waals surface area (Å²) in [5, 5.41) is 4.31. The quantitative estimate of drug-likeness (QED) is 0.859. The Labute approximate surface area is 112 Å². The minimum absolute atomic E-state index is 0.429. The highest BCUT2D eigenvalue weighted by molar-refractivity contribution is 6.30. The predicted octanol–water partition coefficient (Wildman–Crippen LogP) is 2.19. The Kier molecular flexibility index (Phi) is 3.27. The van der Waals surface area contributed by atoms with E-state index in [1.165, 1.54) is 6.42 Å². The van der Waals surface area contributed by atoms with Crippen LogP contribution in [0.25, 0.3) is 0 Å². The van der Waals surface area contributed by atoms with Gasteiger partial charge in [0.25, 0.3) is 0 Å². The Balaban J connectivity index is 1.75. The van der Waals surface area contributed by atoms with Gasteiger partial charge in [0.1, 0.15) is 5.84 Å². The van der Waals surface area contributed by atoms with Crippen LogP contribution in [0.15, 0.2) is 29.3 Å². The van der Waals surface area contributed by atoms with Crippen molar-refractivity contribution in [3.05, 3.63) is 34.9 Å². The highest BCUT2D eigenvalue weighted by Gasteiger charge is 2.34. The Bertz CT molecular complexity index is 455. The molecule has 96 valence electrons. The summed E-state index contributed by atoms with van der Waals surface area (Å²) in [7, 11) is 0. The van der Waals surface area contributed by atoms with Crippen molar-refractivity contribution in [3.8, 4) is 0 Å². The van der Waals surface area contributed by atoms with E-state index in [1.54, 1.807) is 0 Å². The lowest BCUT2D eigenvalue weighted by molar-refractivity contribution is 0.294. The number of amidine groups is 1. The average molecular weight is 264 g/mol. The van der Waals surface area contributed by atoms with E-state index in [0.717, 1.165) is 35.8 Å². The van der Waals surface area contributed by atoms with Gasteiger partial charge in [-0.25, -0.2) is 0 Å². The fourth-order valence-electron chi connectivity index (χ4n) is 2.91. The zero-order valence-corrected chi connectivity index (χ0v) is 11.0. The summed E-state index contributed by atoms with van der Waals surface area (Å²) in [5.74, 6) is 1.66. The molecule has 3 nitrogen and oxygen atoms in total. The molecule has 1 aromatic rings. The normalized spacial score (nSPS) is 30.6. The van der Waals surface area contributed by atoms with E-state index < -0.39 is 0 Å². The number of aliphatic imine (C=N–C) groups is 1. The Morgan fingerprint density at radius 1 is 1.28 bits per heavy atom. The molecule has 2 aliphatic rings. The zero-order valence-electron chi connectivity index (χ0n) is 10.3. The van der Waals surface area contributed by atoms with Crippen LogP contribution >= 0.6 is 11.6 Å². The van der Waals surface area contributed by atoms with Crippen LogP contribution < -0.4 is 11.1 Å². The zero-order chi connectivity index (χ0) is 12.5. The van der Waals surface area contributed by atoms with Gasteiger partial charge in [0.2, 0.25) is 0 Å². The molecule has 3 N–H and O–H groups in total. The van der Waals surface area contributed by atoms with Crippen molar-refractivity contribution in [2.75, 3.05) is 6.54 Å². The van der Waals surface area contributed by atoms with E-state index in [-0.39, 0.29) is 0 Å². The molecule has 1 fully saturated rings. The first kappa shape index (κ1) is 12.0. The molecule has 0 aromatic heterocycles. The van der Waals surface area contributed by atoms with E-state index in [2.05, 4.69) is 5.32 Å². The number of hydrogen-bond acceptors (Lipinski definition) is 3. The Hall–Kier alpha value is -1.06. The van der Waals surface area contributed by atoms with Gasteiger partial charge in [-0.2, -0.15) is 0 Å². The molecule has 1 aliphatic carbocycles. The van der Waals surface area contributed by atoms with Crippen LogP contribution in [0, 0.1) is 5.92 Å². The van der Waals surface area contributed by atoms with Gasteiger partial charge in [0.15, 0.2) is 0 Å². The molecule has 3 rings (SSSR count). The lowest BCUT2D eigenvalue weighted by Gasteiger charge is -2.29. The third-order valence-corrected chi connectivity index (χ3v) is 4.24. The number of rotatable bonds is 2. The van der Waals surface area contributed by atoms with E-state index in [9.17, 15) is 0 Å². The predicted molar refractivity (Wildman–Crippen MR) is 75.1 cm³/mol. The fourth-order valence-corrected chi connectivity index (χ4v) is 3.04. The molecule has 1 aliphatic heterocycles. The van der Waals surface area contributed by atoms with E-state index >= 15 is 0 Å². The standard InChI is InChI=1S/C14H18ClN3/c15-11-4-2-10(3-5-11)14-17-12-6-1-9(8-16)7-13(12)18-14/h2-5,9,12-13H,1,6-8,16H2,(H,17,18). The third kappa shape index (κ3) is 2.25. The Morgan fingerprint density at radius 2 is 2.06 bits per heavy atom. The van der Waals surface area contributed by atoms with Crippen LogP contribution in [0.5, 0.6) is 0 Å². The summed E-state index contributed by atoms with van der Waals surface area (Å²) >= 11 is 5.90. The Morgan fingerprint density at radius 3 is 2.78 bits per heavy atom. The first-order valence-electron chi connectivity index (χ1n) is 6.56. The monoisotopic (exact) mass is 263 g/mol. The van der Waals surface area contributed by atoms with Crippen molar-refractivity contribution in [1.29, 1.82) is 0 Å². The molecular weight excluding hydrogens is 246 g/mol. The summed E-state index contributed by atoms with van der Waals surface area (Å²) in [6.45, 7) is 0.793. The van der Waals surface area contributed by atoms with E-state index in [0.29, 0.717) is 18.0 Å². The molecule has 4 heteroatoms. The molecule has 1 aromatic carbocycles. The molecule has 0 amide bonds. The highest BCUT2D eigenvalue weighted by atomic mass is 35.5. The minimum atomic E-state index is 0.429. The maximum absolute atomic E-state index is 5.90. The third-order valence-electron chi connectivity index (χ3n) is 3.99. The van der Waals surface area contributed by atoms with Crippen molar-refractivity contribution in [3.63, 3.8) is 0 Å². The topological polar surface area (TPSA) is 50.4 Å². The SMILES string of the molecule is NCC1CCC2N=C(c3ccc(Cl)cc3)NC2C1. The molecule has 18 heavy (non-hydrogen) atoms. The van der Waals surface area contributed by atoms with Crippen LogP contribution in [0.3, 0.4) is 0 Å². The molecule has 1 saturated carbocycles. The van der Waals surface area contributed by atoms with Gasteiger partial charge in [-0.05, 0) is 56.0 Å². The van der Waals surface area contributed by atoms with Crippen LogP contribution in [0.4, 0.5) is 0 Å². The smallest absolute Gasteiger partial charge is 0.128 e. The number of nitrogens with two attached hydrogens (primary N) is 1. The number of fused-ring (bicyclic) bond motifs is 1. The van der Waals surface area contributed by atoms with Gasteiger partial charge >= 0.3 is 0 Å². The average Bonchev–Trinajstić information content (AvgIpc) is 2.82. The van der Waals surface area contributed by atoms with Crippen LogP contribution in [0.1, 0.15) is 24.8 Å². The molecule has 1 heterocycles. The van der Waals surface area contributed by atoms with E-state index in [4.69, 9.17) is 22.3 Å². The lowest BCUT2D eigenvalue weighted by atomic mass is 9.83. The van der Waals surface area contributed by atoms with Crippen molar-refractivity contribution in [1.82, 2.24) is 5.32 Å². The summed E-state index contributed by atoms with van der Waals surface area (Å²) < 4.78 is 0. The molecule has 0 radical (unpaired) electrons. The summed E-state index contributed by atoms with van der Waals surface area (Å²) in [6.07, 6.45) is 3.50. The number of nitrogens with zero attached hydrogens (tertiary/aromatic N) is 1. The number of nitrogens with one attached hydrogen (secondary N) is 1. The summed E-state index contributed by atoms with van der Waals surface area (Å²) in [6, 6.07) is 8.76. The minimum Gasteiger partial charge on any atom is -0.365 e. The lowest BCUT2D eigenvalue weighted by Crippen LogP contribution is -2.41. The van der Waals surface area contributed by atoms with Gasteiger partial charge in [0, 0.05) is 10.6 Å². The summed E-state index contributed by atoms with van der Waals surface area (Å²) in [5.41, 5.74) is 6.89. The highest BCUT2D eigenvalue weighted by Crippen LogP contribution is 2.29. The molecule has 3 unspecified atom stereocenters. The van der Waals surface area contributed by atoms with Gasteiger partial charge in [-0.1, -0.05) is 11.6 Å². The number of hydrogen-bond donors (Lipinski definition) is 2. The largest absolute Gasteiger partial charge is 0.365 e. The van der Waals surface area contributed by atoms with E-state index in [1.807, 2.05) is 24.3 Å². The van der Waals surface area contributed by atoms with Crippen molar-refractivity contribution in [2.45, 2.75) is 31.3 Å². The van der Waals surface area contributed by atoms with Crippen molar-refractivity contribution < 1.29 is 0 Å². The van der Waals surface area contributed by atoms with Gasteiger partial charge < -0.3 is 11.1 Å². The summed E-state index contributed by atoms with van der Waals surface area (Å²) in [4.78, 5) is 4.80. The second kappa shape index (κ2) is 4.90. The first-order valence-corrected chi connectivity index (χ1v) is 6.94. The van der Waals surface area contributed by atoms with Crippen LogP contribution in [-0.2, 0) is 0 Å². The van der Waals surface area contributed by atoms with Crippen molar-refractivity contribution >= 4 is 17.4 Å². The maximum Gasteiger partial charge on any atom is 0.128 e. The number of benzene rings is 1. The second-order valence-electron chi connectivity index (χ2n) is 5.22. The fraction of sp³-hybridized carbons (Fsp3) is 0.500. The van der Waals surface area contributed by atoms with Crippen LogP contribution in [-0.4, -0.2) is 24.5 Å². The molecule has 3 atom stereocenters. The van der Waals surface area contributed by atoms with Crippen LogP contribution in [0.2, 0.25) is 5.02 Å². The number of halogens is 1. The van der Waals surface area contributed by atoms with Crippen molar-refractivity contribution in [2.24, 2.45) is 16.6 Å².